The number of likely N-dealkylation sites (tertiary alicyclic amines) is 1. The van der Waals surface area contributed by atoms with Crippen LogP contribution in [0.5, 0.6) is 0 Å². The van der Waals surface area contributed by atoms with Crippen molar-refractivity contribution in [1.82, 2.24) is 10.2 Å². The molecule has 0 bridgehead atoms. The van der Waals surface area contributed by atoms with Crippen LogP contribution in [-0.2, 0) is 0 Å². The Hall–Kier alpha value is -0.120. The number of nitrogens with one attached hydrogen (secondary N) is 1. The zero-order chi connectivity index (χ0) is 13.6. The normalized spacial score (nSPS) is 24.2. The first-order chi connectivity index (χ1) is 8.38. The van der Waals surface area contributed by atoms with E-state index < -0.39 is 0 Å². The van der Waals surface area contributed by atoms with Gasteiger partial charge in [0, 0.05) is 11.6 Å². The van der Waals surface area contributed by atoms with E-state index in [0.717, 1.165) is 13.0 Å². The average Bonchev–Trinajstić information content (AvgIpc) is 2.24. The van der Waals surface area contributed by atoms with E-state index in [1.54, 1.807) is 0 Å². The third-order valence-electron chi connectivity index (χ3n) is 3.64. The smallest absolute Gasteiger partial charge is 0.0527 e. The van der Waals surface area contributed by atoms with Gasteiger partial charge in [0.25, 0.3) is 0 Å². The van der Waals surface area contributed by atoms with Crippen LogP contribution in [0, 0.1) is 0 Å². The van der Waals surface area contributed by atoms with Crippen LogP contribution in [0.3, 0.4) is 0 Å². The number of hydrogen-bond acceptors (Lipinski definition) is 3. The van der Waals surface area contributed by atoms with Gasteiger partial charge in [-0.2, -0.15) is 0 Å². The number of piperidine rings is 1. The van der Waals surface area contributed by atoms with Crippen LogP contribution < -0.4 is 5.32 Å². The van der Waals surface area contributed by atoms with Gasteiger partial charge in [-0.25, -0.2) is 0 Å². The lowest BCUT2D eigenvalue weighted by Gasteiger charge is -2.36. The molecule has 0 aromatic carbocycles. The molecule has 0 aliphatic carbocycles. The first kappa shape index (κ1) is 15.9. The number of aliphatic hydroxyl groups is 1. The number of rotatable bonds is 6. The van der Waals surface area contributed by atoms with Crippen LogP contribution >= 0.6 is 0 Å². The fourth-order valence-electron chi connectivity index (χ4n) is 2.76. The molecule has 18 heavy (non-hydrogen) atoms. The molecule has 2 atom stereocenters. The predicted molar refractivity (Wildman–Crippen MR) is 77.9 cm³/mol. The van der Waals surface area contributed by atoms with Gasteiger partial charge in [0.2, 0.25) is 0 Å². The summed E-state index contributed by atoms with van der Waals surface area (Å²) in [5, 5.41) is 13.1. The summed E-state index contributed by atoms with van der Waals surface area (Å²) < 4.78 is 0. The molecule has 1 rings (SSSR count). The maximum absolute atomic E-state index is 9.56. The summed E-state index contributed by atoms with van der Waals surface area (Å²) in [6, 6.07) is 0.605. The summed E-state index contributed by atoms with van der Waals surface area (Å²) in [4.78, 5) is 2.58. The molecule has 1 saturated heterocycles. The Morgan fingerprint density at radius 1 is 1.33 bits per heavy atom. The molecule has 0 aromatic rings. The summed E-state index contributed by atoms with van der Waals surface area (Å²) in [5.41, 5.74) is 0.223. The lowest BCUT2D eigenvalue weighted by Crippen LogP contribution is -2.43. The van der Waals surface area contributed by atoms with Gasteiger partial charge in [0.05, 0.1) is 6.10 Å². The molecule has 0 radical (unpaired) electrons. The molecular weight excluding hydrogens is 224 g/mol. The Labute approximate surface area is 113 Å². The van der Waals surface area contributed by atoms with Gasteiger partial charge in [0.1, 0.15) is 0 Å². The van der Waals surface area contributed by atoms with Crippen molar-refractivity contribution in [3.63, 3.8) is 0 Å². The average molecular weight is 256 g/mol. The molecule has 2 unspecified atom stereocenters. The van der Waals surface area contributed by atoms with Gasteiger partial charge in [-0.1, -0.05) is 6.42 Å². The molecule has 2 N–H and O–H groups in total. The van der Waals surface area contributed by atoms with Crippen LogP contribution in [0.4, 0.5) is 0 Å². The van der Waals surface area contributed by atoms with Crippen molar-refractivity contribution >= 4 is 0 Å². The highest BCUT2D eigenvalue weighted by atomic mass is 16.3. The van der Waals surface area contributed by atoms with Crippen LogP contribution in [0.2, 0.25) is 0 Å². The molecule has 3 heteroatoms. The standard InChI is InChI=1S/C15H32N2O/c1-13(18)12-14-8-5-6-10-17(14)11-7-9-16-15(2,3)4/h13-14,16,18H,5-12H2,1-4H3. The van der Waals surface area contributed by atoms with Crippen LogP contribution in [0.25, 0.3) is 0 Å². The van der Waals surface area contributed by atoms with Crippen molar-refractivity contribution < 1.29 is 5.11 Å². The highest BCUT2D eigenvalue weighted by Gasteiger charge is 2.23. The topological polar surface area (TPSA) is 35.5 Å². The molecule has 1 aliphatic heterocycles. The van der Waals surface area contributed by atoms with Crippen molar-refractivity contribution in [3.05, 3.63) is 0 Å². The van der Waals surface area contributed by atoms with E-state index in [-0.39, 0.29) is 11.6 Å². The quantitative estimate of drug-likeness (QED) is 0.716. The van der Waals surface area contributed by atoms with Gasteiger partial charge in [-0.15, -0.1) is 0 Å². The van der Waals surface area contributed by atoms with Gasteiger partial charge < -0.3 is 15.3 Å². The predicted octanol–water partition coefficient (Wildman–Crippen LogP) is 2.39. The maximum atomic E-state index is 9.56. The zero-order valence-electron chi connectivity index (χ0n) is 12.7. The monoisotopic (exact) mass is 256 g/mol. The Kier molecular flexibility index (Phi) is 6.61. The molecule has 0 aromatic heterocycles. The molecule has 0 spiro atoms. The van der Waals surface area contributed by atoms with E-state index in [2.05, 4.69) is 31.0 Å². The van der Waals surface area contributed by atoms with E-state index in [0.29, 0.717) is 6.04 Å². The molecule has 3 nitrogen and oxygen atoms in total. The summed E-state index contributed by atoms with van der Waals surface area (Å²) in [6.07, 6.45) is 5.89. The number of hydrogen-bond donors (Lipinski definition) is 2. The van der Waals surface area contributed by atoms with E-state index in [4.69, 9.17) is 0 Å². The fourth-order valence-corrected chi connectivity index (χ4v) is 2.76. The highest BCUT2D eigenvalue weighted by molar-refractivity contribution is 4.79. The summed E-state index contributed by atoms with van der Waals surface area (Å²) in [5.74, 6) is 0. The van der Waals surface area contributed by atoms with E-state index in [1.165, 1.54) is 38.8 Å². The van der Waals surface area contributed by atoms with Crippen molar-refractivity contribution in [2.24, 2.45) is 0 Å². The van der Waals surface area contributed by atoms with Crippen LogP contribution in [0.15, 0.2) is 0 Å². The highest BCUT2D eigenvalue weighted by Crippen LogP contribution is 2.21. The van der Waals surface area contributed by atoms with Gasteiger partial charge in [0.15, 0.2) is 0 Å². The second-order valence-electron chi connectivity index (χ2n) is 6.80. The fraction of sp³-hybridized carbons (Fsp3) is 1.00. The van der Waals surface area contributed by atoms with Crippen LogP contribution in [-0.4, -0.2) is 47.3 Å². The van der Waals surface area contributed by atoms with E-state index >= 15 is 0 Å². The summed E-state index contributed by atoms with van der Waals surface area (Å²) in [7, 11) is 0. The second kappa shape index (κ2) is 7.46. The molecule has 0 amide bonds. The Balaban J connectivity index is 2.25. The van der Waals surface area contributed by atoms with Gasteiger partial charge >= 0.3 is 0 Å². The summed E-state index contributed by atoms with van der Waals surface area (Å²) >= 11 is 0. The van der Waals surface area contributed by atoms with E-state index in [9.17, 15) is 5.11 Å². The number of aliphatic hydroxyl groups excluding tert-OH is 1. The Morgan fingerprint density at radius 3 is 2.67 bits per heavy atom. The Bertz CT molecular complexity index is 223. The Morgan fingerprint density at radius 2 is 2.06 bits per heavy atom. The molecule has 0 saturated carbocycles. The second-order valence-corrected chi connectivity index (χ2v) is 6.80. The molecular formula is C15H32N2O. The minimum absolute atomic E-state index is 0.164. The van der Waals surface area contributed by atoms with Crippen molar-refractivity contribution in [2.45, 2.75) is 77.5 Å². The third-order valence-corrected chi connectivity index (χ3v) is 3.64. The lowest BCUT2D eigenvalue weighted by molar-refractivity contribution is 0.0857. The van der Waals surface area contributed by atoms with Crippen molar-refractivity contribution in [2.75, 3.05) is 19.6 Å². The largest absolute Gasteiger partial charge is 0.393 e. The molecule has 1 heterocycles. The van der Waals surface area contributed by atoms with Gasteiger partial charge in [-0.05, 0) is 73.0 Å². The molecule has 1 aliphatic rings. The van der Waals surface area contributed by atoms with Crippen molar-refractivity contribution in [3.8, 4) is 0 Å². The third kappa shape index (κ3) is 6.72. The first-order valence-electron chi connectivity index (χ1n) is 7.55. The molecule has 108 valence electrons. The van der Waals surface area contributed by atoms with Crippen LogP contribution in [0.1, 0.15) is 59.8 Å². The van der Waals surface area contributed by atoms with E-state index in [1.807, 2.05) is 6.92 Å². The minimum Gasteiger partial charge on any atom is -0.393 e. The zero-order valence-corrected chi connectivity index (χ0v) is 12.7. The summed E-state index contributed by atoms with van der Waals surface area (Å²) in [6.45, 7) is 12.0. The van der Waals surface area contributed by atoms with Crippen molar-refractivity contribution in [1.29, 1.82) is 0 Å². The maximum Gasteiger partial charge on any atom is 0.0527 e. The lowest BCUT2D eigenvalue weighted by atomic mass is 9.97. The van der Waals surface area contributed by atoms with Gasteiger partial charge in [-0.3, -0.25) is 0 Å². The number of nitrogens with zero attached hydrogens (tertiary/aromatic N) is 1. The SMILES string of the molecule is CC(O)CC1CCCCN1CCCNC(C)(C)C. The minimum atomic E-state index is -0.164. The molecule has 1 fully saturated rings. The first-order valence-corrected chi connectivity index (χ1v) is 7.55.